The molecule has 0 aliphatic heterocycles. The molecule has 4 aromatic rings. The standard InChI is InChI=1S/C25H22IN3O3/c1-3-16-5-4-6-20(11-16)29-25-22(24(31)28-19-9-7-18(26)8-10-19)12-21-17(14-30)13-27-15(2)23(21)32-25/h4-13,30H,3,14H2,1-2H3,(H,28,31). The lowest BCUT2D eigenvalue weighted by atomic mass is 10.1. The normalized spacial score (nSPS) is 11.7. The zero-order valence-electron chi connectivity index (χ0n) is 17.7. The van der Waals surface area contributed by atoms with Gasteiger partial charge in [0.2, 0.25) is 5.55 Å². The van der Waals surface area contributed by atoms with E-state index in [1.165, 1.54) is 0 Å². The topological polar surface area (TPSA) is 87.7 Å². The van der Waals surface area contributed by atoms with Crippen LogP contribution >= 0.6 is 22.6 Å². The minimum Gasteiger partial charge on any atom is -0.436 e. The van der Waals surface area contributed by atoms with Crippen LogP contribution in [-0.4, -0.2) is 16.0 Å². The molecule has 6 nitrogen and oxygen atoms in total. The molecule has 2 aromatic carbocycles. The minimum absolute atomic E-state index is 0.189. The first-order valence-electron chi connectivity index (χ1n) is 10.2. The number of carbonyl (C=O) groups excluding carboxylic acids is 1. The highest BCUT2D eigenvalue weighted by Gasteiger charge is 2.16. The molecule has 162 valence electrons. The molecule has 0 spiro atoms. The van der Waals surface area contributed by atoms with E-state index in [2.05, 4.69) is 44.8 Å². The summed E-state index contributed by atoms with van der Waals surface area (Å²) in [5, 5.41) is 13.3. The number of pyridine rings is 1. The minimum atomic E-state index is -0.347. The molecule has 7 heteroatoms. The summed E-state index contributed by atoms with van der Waals surface area (Å²) in [5.41, 5.74) is 4.69. The van der Waals surface area contributed by atoms with E-state index in [9.17, 15) is 9.90 Å². The second-order valence-corrected chi connectivity index (χ2v) is 8.58. The van der Waals surface area contributed by atoms with Crippen molar-refractivity contribution in [1.82, 2.24) is 4.98 Å². The number of aliphatic hydroxyl groups excluding tert-OH is 1. The zero-order valence-corrected chi connectivity index (χ0v) is 19.9. The van der Waals surface area contributed by atoms with Crippen LogP contribution in [0.1, 0.15) is 34.1 Å². The number of fused-ring (bicyclic) bond motifs is 1. The van der Waals surface area contributed by atoms with E-state index < -0.39 is 0 Å². The van der Waals surface area contributed by atoms with Gasteiger partial charge in [-0.2, -0.15) is 0 Å². The third-order valence-electron chi connectivity index (χ3n) is 5.12. The van der Waals surface area contributed by atoms with Gasteiger partial charge >= 0.3 is 0 Å². The highest BCUT2D eigenvalue weighted by Crippen LogP contribution is 2.22. The van der Waals surface area contributed by atoms with Gasteiger partial charge in [-0.25, -0.2) is 4.99 Å². The number of aromatic nitrogens is 1. The summed E-state index contributed by atoms with van der Waals surface area (Å²) < 4.78 is 7.19. The third kappa shape index (κ3) is 4.73. The molecule has 2 aromatic heterocycles. The van der Waals surface area contributed by atoms with Crippen LogP contribution in [0.25, 0.3) is 11.0 Å². The molecule has 0 saturated heterocycles. The quantitative estimate of drug-likeness (QED) is 0.338. The summed E-state index contributed by atoms with van der Waals surface area (Å²) in [7, 11) is 0. The number of halogens is 1. The lowest BCUT2D eigenvalue weighted by Crippen LogP contribution is -2.22. The molecule has 2 heterocycles. The number of benzene rings is 2. The number of hydrogen-bond donors (Lipinski definition) is 2. The van der Waals surface area contributed by atoms with Gasteiger partial charge in [0.05, 0.1) is 18.0 Å². The van der Waals surface area contributed by atoms with Crippen LogP contribution in [0.5, 0.6) is 0 Å². The lowest BCUT2D eigenvalue weighted by molar-refractivity contribution is 0.102. The van der Waals surface area contributed by atoms with Gasteiger partial charge in [-0.05, 0) is 84.0 Å². The predicted octanol–water partition coefficient (Wildman–Crippen LogP) is 5.28. The van der Waals surface area contributed by atoms with Crippen molar-refractivity contribution in [2.45, 2.75) is 26.9 Å². The van der Waals surface area contributed by atoms with Crippen LogP contribution < -0.4 is 10.9 Å². The van der Waals surface area contributed by atoms with Crippen molar-refractivity contribution in [3.63, 3.8) is 0 Å². The van der Waals surface area contributed by atoms with E-state index in [1.807, 2.05) is 55.5 Å². The Labute approximate surface area is 199 Å². The van der Waals surface area contributed by atoms with E-state index in [0.29, 0.717) is 33.6 Å². The Balaban J connectivity index is 1.91. The van der Waals surface area contributed by atoms with Gasteiger partial charge in [-0.1, -0.05) is 19.1 Å². The number of amides is 1. The summed E-state index contributed by atoms with van der Waals surface area (Å²) in [5.74, 6) is -0.347. The number of nitrogens with one attached hydrogen (secondary N) is 1. The maximum Gasteiger partial charge on any atom is 0.261 e. The molecule has 0 fully saturated rings. The summed E-state index contributed by atoms with van der Waals surface area (Å²) >= 11 is 2.21. The monoisotopic (exact) mass is 539 g/mol. The van der Waals surface area contributed by atoms with E-state index >= 15 is 0 Å². The molecule has 1 amide bonds. The first kappa shape index (κ1) is 22.2. The van der Waals surface area contributed by atoms with Gasteiger partial charge in [0, 0.05) is 26.4 Å². The molecule has 0 radical (unpaired) electrons. The predicted molar refractivity (Wildman–Crippen MR) is 133 cm³/mol. The first-order chi connectivity index (χ1) is 15.5. The summed E-state index contributed by atoms with van der Waals surface area (Å²) in [6.45, 7) is 3.68. The van der Waals surface area contributed by atoms with Crippen molar-refractivity contribution in [2.75, 3.05) is 5.32 Å². The number of carbonyl (C=O) groups is 1. The number of hydrogen-bond acceptors (Lipinski definition) is 5. The maximum absolute atomic E-state index is 13.3. The van der Waals surface area contributed by atoms with Gasteiger partial charge in [0.25, 0.3) is 5.91 Å². The fourth-order valence-electron chi connectivity index (χ4n) is 3.35. The average Bonchev–Trinajstić information content (AvgIpc) is 2.81. The Morgan fingerprint density at radius 3 is 2.69 bits per heavy atom. The van der Waals surface area contributed by atoms with E-state index in [-0.39, 0.29) is 23.6 Å². The van der Waals surface area contributed by atoms with E-state index in [4.69, 9.17) is 4.42 Å². The van der Waals surface area contributed by atoms with Crippen LogP contribution in [0.2, 0.25) is 0 Å². The Hall–Kier alpha value is -3.04. The number of anilines is 1. The van der Waals surface area contributed by atoms with Gasteiger partial charge in [0.1, 0.15) is 5.56 Å². The number of aryl methyl sites for hydroxylation is 2. The molecule has 0 atom stereocenters. The fourth-order valence-corrected chi connectivity index (χ4v) is 3.71. The van der Waals surface area contributed by atoms with Crippen LogP contribution in [0.4, 0.5) is 11.4 Å². The Morgan fingerprint density at radius 2 is 1.97 bits per heavy atom. The lowest BCUT2D eigenvalue weighted by Gasteiger charge is -2.10. The molecule has 0 saturated carbocycles. The zero-order chi connectivity index (χ0) is 22.7. The first-order valence-corrected chi connectivity index (χ1v) is 11.3. The van der Waals surface area contributed by atoms with Gasteiger partial charge in [-0.15, -0.1) is 0 Å². The summed E-state index contributed by atoms with van der Waals surface area (Å²) in [6.07, 6.45) is 2.47. The van der Waals surface area contributed by atoms with Crippen molar-refractivity contribution in [1.29, 1.82) is 0 Å². The van der Waals surface area contributed by atoms with E-state index in [0.717, 1.165) is 15.6 Å². The van der Waals surface area contributed by atoms with Crippen LogP contribution in [-0.2, 0) is 13.0 Å². The average molecular weight is 539 g/mol. The molecule has 0 unspecified atom stereocenters. The highest BCUT2D eigenvalue weighted by atomic mass is 127. The van der Waals surface area contributed by atoms with E-state index in [1.54, 1.807) is 12.3 Å². The molecule has 0 bridgehead atoms. The van der Waals surface area contributed by atoms with Gasteiger partial charge < -0.3 is 14.8 Å². The number of nitrogens with zero attached hydrogens (tertiary/aromatic N) is 2. The summed E-state index contributed by atoms with van der Waals surface area (Å²) in [6, 6.07) is 17.0. The van der Waals surface area contributed by atoms with Gasteiger partial charge in [0.15, 0.2) is 5.58 Å². The molecule has 4 rings (SSSR count). The number of rotatable bonds is 5. The van der Waals surface area contributed by atoms with Gasteiger partial charge in [-0.3, -0.25) is 9.78 Å². The smallest absolute Gasteiger partial charge is 0.261 e. The van der Waals surface area contributed by atoms with Crippen LogP contribution in [0.15, 0.2) is 70.2 Å². The largest absolute Gasteiger partial charge is 0.436 e. The van der Waals surface area contributed by atoms with Crippen LogP contribution in [0, 0.1) is 10.5 Å². The fraction of sp³-hybridized carbons (Fsp3) is 0.160. The van der Waals surface area contributed by atoms with Crippen molar-refractivity contribution < 1.29 is 14.3 Å². The molecular weight excluding hydrogens is 517 g/mol. The molecule has 32 heavy (non-hydrogen) atoms. The van der Waals surface area contributed by atoms with Crippen molar-refractivity contribution in [3.8, 4) is 0 Å². The molecular formula is C25H22IN3O3. The van der Waals surface area contributed by atoms with Crippen molar-refractivity contribution >= 4 is 50.8 Å². The second-order valence-electron chi connectivity index (χ2n) is 7.33. The number of aliphatic hydroxyl groups is 1. The van der Waals surface area contributed by atoms with Crippen molar-refractivity contribution in [3.05, 3.63) is 92.3 Å². The Kier molecular flexibility index (Phi) is 6.66. The maximum atomic E-state index is 13.3. The molecule has 2 N–H and O–H groups in total. The molecule has 0 aliphatic rings. The van der Waals surface area contributed by atoms with Crippen molar-refractivity contribution in [2.24, 2.45) is 4.99 Å². The van der Waals surface area contributed by atoms with Crippen LogP contribution in [0.3, 0.4) is 0 Å². The summed E-state index contributed by atoms with van der Waals surface area (Å²) in [4.78, 5) is 22.2. The molecule has 0 aliphatic carbocycles. The SMILES string of the molecule is CCc1cccc(N=c2oc3c(C)ncc(CO)c3cc2C(=O)Nc2ccc(I)cc2)c1. The second kappa shape index (κ2) is 9.62. The Morgan fingerprint density at radius 1 is 1.19 bits per heavy atom. The Bertz CT molecular complexity index is 1360. The highest BCUT2D eigenvalue weighted by molar-refractivity contribution is 14.1. The third-order valence-corrected chi connectivity index (χ3v) is 5.84.